The molecule has 1 aromatic carbocycles. The molecule has 4 nitrogen and oxygen atoms in total. The van der Waals surface area contributed by atoms with Gasteiger partial charge in [0.25, 0.3) is 0 Å². The van der Waals surface area contributed by atoms with E-state index >= 15 is 0 Å². The summed E-state index contributed by atoms with van der Waals surface area (Å²) in [5, 5.41) is 11.6. The molecule has 2 aromatic rings. The van der Waals surface area contributed by atoms with Gasteiger partial charge in [-0.15, -0.1) is 11.3 Å². The number of carboxylic acid groups (broad SMARTS) is 1. The molecule has 1 aromatic heterocycles. The van der Waals surface area contributed by atoms with Gasteiger partial charge in [-0.05, 0) is 43.2 Å². The number of aliphatic carboxylic acids is 1. The van der Waals surface area contributed by atoms with E-state index in [0.29, 0.717) is 16.4 Å². The van der Waals surface area contributed by atoms with Crippen LogP contribution in [0.25, 0.3) is 0 Å². The smallest absolute Gasteiger partial charge is 0.303 e. The third kappa shape index (κ3) is 4.58. The lowest BCUT2D eigenvalue weighted by molar-refractivity contribution is -0.137. The number of amides is 1. The van der Waals surface area contributed by atoms with Crippen LogP contribution in [0.4, 0.5) is 5.69 Å². The Bertz CT molecular complexity index is 684. The second kappa shape index (κ2) is 7.42. The minimum Gasteiger partial charge on any atom is -0.481 e. The van der Waals surface area contributed by atoms with Crippen LogP contribution in [-0.4, -0.2) is 17.0 Å². The maximum Gasteiger partial charge on any atom is 0.303 e. The maximum atomic E-state index is 12.3. The van der Waals surface area contributed by atoms with E-state index in [9.17, 15) is 9.59 Å². The van der Waals surface area contributed by atoms with E-state index in [1.807, 2.05) is 19.1 Å². The molecular formula is C16H16ClNO3S. The normalized spacial score (nSPS) is 11.9. The lowest BCUT2D eigenvalue weighted by Gasteiger charge is -2.11. The molecule has 0 aliphatic carbocycles. The fourth-order valence-electron chi connectivity index (χ4n) is 2.00. The molecule has 0 bridgehead atoms. The third-order valence-electron chi connectivity index (χ3n) is 3.24. The average molecular weight is 338 g/mol. The second-order valence-corrected chi connectivity index (χ2v) is 6.69. The monoisotopic (exact) mass is 337 g/mol. The first-order valence-electron chi connectivity index (χ1n) is 6.82. The summed E-state index contributed by atoms with van der Waals surface area (Å²) >= 11 is 7.28. The Morgan fingerprint density at radius 2 is 2.09 bits per heavy atom. The maximum absolute atomic E-state index is 12.3. The quantitative estimate of drug-likeness (QED) is 0.831. The van der Waals surface area contributed by atoms with Crippen molar-refractivity contribution in [3.63, 3.8) is 0 Å². The molecule has 116 valence electrons. The molecule has 0 radical (unpaired) electrons. The number of anilines is 1. The molecule has 0 aliphatic heterocycles. The Morgan fingerprint density at radius 3 is 2.73 bits per heavy atom. The number of halogens is 1. The van der Waals surface area contributed by atoms with Crippen molar-refractivity contribution in [3.05, 3.63) is 51.2 Å². The van der Waals surface area contributed by atoms with Gasteiger partial charge in [0.2, 0.25) is 5.91 Å². The van der Waals surface area contributed by atoms with E-state index in [-0.39, 0.29) is 18.2 Å². The van der Waals surface area contributed by atoms with Gasteiger partial charge in [0.05, 0.1) is 10.3 Å². The van der Waals surface area contributed by atoms with Gasteiger partial charge in [0.1, 0.15) is 0 Å². The van der Waals surface area contributed by atoms with Crippen LogP contribution in [0.1, 0.15) is 29.7 Å². The van der Waals surface area contributed by atoms with Gasteiger partial charge >= 0.3 is 5.97 Å². The van der Waals surface area contributed by atoms with E-state index in [2.05, 4.69) is 5.32 Å². The molecule has 1 atom stereocenters. The highest BCUT2D eigenvalue weighted by molar-refractivity contribution is 7.16. The summed E-state index contributed by atoms with van der Waals surface area (Å²) in [7, 11) is 0. The summed E-state index contributed by atoms with van der Waals surface area (Å²) in [6, 6.07) is 10.9. The van der Waals surface area contributed by atoms with Crippen molar-refractivity contribution in [1.82, 2.24) is 0 Å². The lowest BCUT2D eigenvalue weighted by Crippen LogP contribution is -2.18. The minimum atomic E-state index is -0.836. The highest BCUT2D eigenvalue weighted by Gasteiger charge is 2.17. The molecule has 1 amide bonds. The van der Waals surface area contributed by atoms with Crippen LogP contribution in [-0.2, 0) is 16.0 Å². The molecule has 2 N–H and O–H groups in total. The second-order valence-electron chi connectivity index (χ2n) is 4.95. The van der Waals surface area contributed by atoms with Crippen molar-refractivity contribution in [2.45, 2.75) is 25.7 Å². The molecule has 0 spiro atoms. The average Bonchev–Trinajstić information content (AvgIpc) is 2.91. The van der Waals surface area contributed by atoms with Crippen LogP contribution in [0, 0.1) is 0 Å². The standard InChI is InChI=1S/C16H16ClNO3S/c1-10(13-6-7-14(17)22-13)16(21)18-12-4-2-3-11(9-12)5-8-15(19)20/h2-4,6-7,9-10H,5,8H2,1H3,(H,18,21)(H,19,20). The van der Waals surface area contributed by atoms with Crippen molar-refractivity contribution in [3.8, 4) is 0 Å². The number of benzene rings is 1. The fraction of sp³-hybridized carbons (Fsp3) is 0.250. The van der Waals surface area contributed by atoms with E-state index in [4.69, 9.17) is 16.7 Å². The topological polar surface area (TPSA) is 66.4 Å². The molecule has 22 heavy (non-hydrogen) atoms. The summed E-state index contributed by atoms with van der Waals surface area (Å²) < 4.78 is 0.658. The number of carboxylic acids is 1. The number of rotatable bonds is 6. The highest BCUT2D eigenvalue weighted by atomic mass is 35.5. The van der Waals surface area contributed by atoms with Gasteiger partial charge in [-0.25, -0.2) is 0 Å². The number of hydrogen-bond acceptors (Lipinski definition) is 3. The van der Waals surface area contributed by atoms with Crippen molar-refractivity contribution >= 4 is 40.5 Å². The third-order valence-corrected chi connectivity index (χ3v) is 4.65. The Balaban J connectivity index is 2.02. The Labute approximate surface area is 137 Å². The zero-order chi connectivity index (χ0) is 16.1. The van der Waals surface area contributed by atoms with Gasteiger partial charge in [-0.2, -0.15) is 0 Å². The zero-order valence-electron chi connectivity index (χ0n) is 12.0. The number of carbonyl (C=O) groups is 2. The van der Waals surface area contributed by atoms with Crippen LogP contribution in [0.3, 0.4) is 0 Å². The van der Waals surface area contributed by atoms with Gasteiger partial charge in [-0.1, -0.05) is 23.7 Å². The number of nitrogens with one attached hydrogen (secondary N) is 1. The lowest BCUT2D eigenvalue weighted by atomic mass is 10.1. The van der Waals surface area contributed by atoms with Crippen LogP contribution in [0.2, 0.25) is 4.34 Å². The SMILES string of the molecule is CC(C(=O)Nc1cccc(CCC(=O)O)c1)c1ccc(Cl)s1. The Kier molecular flexibility index (Phi) is 5.57. The summed E-state index contributed by atoms with van der Waals surface area (Å²) in [5.41, 5.74) is 1.55. The molecule has 6 heteroatoms. The summed E-state index contributed by atoms with van der Waals surface area (Å²) in [5.74, 6) is -1.24. The largest absolute Gasteiger partial charge is 0.481 e. The molecule has 0 saturated carbocycles. The molecule has 0 aliphatic rings. The van der Waals surface area contributed by atoms with Crippen LogP contribution in [0.15, 0.2) is 36.4 Å². The molecular weight excluding hydrogens is 322 g/mol. The summed E-state index contributed by atoms with van der Waals surface area (Å²) in [4.78, 5) is 23.8. The van der Waals surface area contributed by atoms with E-state index < -0.39 is 5.97 Å². The number of aryl methyl sites for hydroxylation is 1. The van der Waals surface area contributed by atoms with Crippen molar-refractivity contribution in [2.75, 3.05) is 5.32 Å². The van der Waals surface area contributed by atoms with Gasteiger partial charge in [0.15, 0.2) is 0 Å². The molecule has 0 saturated heterocycles. The van der Waals surface area contributed by atoms with Crippen LogP contribution < -0.4 is 5.32 Å². The molecule has 1 unspecified atom stereocenters. The first kappa shape index (κ1) is 16.5. The van der Waals surface area contributed by atoms with E-state index in [1.165, 1.54) is 11.3 Å². The molecule has 0 fully saturated rings. The van der Waals surface area contributed by atoms with Crippen molar-refractivity contribution < 1.29 is 14.7 Å². The van der Waals surface area contributed by atoms with Crippen LogP contribution in [0.5, 0.6) is 0 Å². The number of carbonyl (C=O) groups excluding carboxylic acids is 1. The predicted octanol–water partition coefficient (Wildman–Crippen LogP) is 4.16. The van der Waals surface area contributed by atoms with Crippen molar-refractivity contribution in [2.24, 2.45) is 0 Å². The number of hydrogen-bond donors (Lipinski definition) is 2. The highest BCUT2D eigenvalue weighted by Crippen LogP contribution is 2.28. The predicted molar refractivity (Wildman–Crippen MR) is 88.8 cm³/mol. The summed E-state index contributed by atoms with van der Waals surface area (Å²) in [6.07, 6.45) is 0.511. The van der Waals surface area contributed by atoms with Crippen molar-refractivity contribution in [1.29, 1.82) is 0 Å². The molecule has 1 heterocycles. The van der Waals surface area contributed by atoms with Gasteiger partial charge in [-0.3, -0.25) is 9.59 Å². The first-order valence-corrected chi connectivity index (χ1v) is 8.02. The molecule has 2 rings (SSSR count). The summed E-state index contributed by atoms with van der Waals surface area (Å²) in [6.45, 7) is 1.83. The minimum absolute atomic E-state index is 0.0709. The van der Waals surface area contributed by atoms with Gasteiger partial charge < -0.3 is 10.4 Å². The Hall–Kier alpha value is -1.85. The van der Waals surface area contributed by atoms with Gasteiger partial charge in [0, 0.05) is 17.0 Å². The van der Waals surface area contributed by atoms with E-state index in [1.54, 1.807) is 24.3 Å². The number of thiophene rings is 1. The zero-order valence-corrected chi connectivity index (χ0v) is 13.6. The Morgan fingerprint density at radius 1 is 1.32 bits per heavy atom. The van der Waals surface area contributed by atoms with E-state index in [0.717, 1.165) is 10.4 Å². The van der Waals surface area contributed by atoms with Crippen LogP contribution >= 0.6 is 22.9 Å². The first-order chi connectivity index (χ1) is 10.5. The fourth-order valence-corrected chi connectivity index (χ4v) is 3.11.